The normalized spacial score (nSPS) is 11.1. The fourth-order valence-corrected chi connectivity index (χ4v) is 3.92. The molecule has 0 amide bonds. The van der Waals surface area contributed by atoms with Crippen molar-refractivity contribution in [3.05, 3.63) is 70.8 Å². The molecule has 0 atom stereocenters. The van der Waals surface area contributed by atoms with E-state index in [1.54, 1.807) is 19.4 Å². The Balaban J connectivity index is 1.63. The molecule has 0 unspecified atom stereocenters. The van der Waals surface area contributed by atoms with Gasteiger partial charge in [0.25, 0.3) is 5.56 Å². The maximum Gasteiger partial charge on any atom is 0.258 e. The number of para-hydroxylation sites is 1. The van der Waals surface area contributed by atoms with Gasteiger partial charge in [0.15, 0.2) is 11.0 Å². The molecule has 4 aromatic rings. The molecule has 3 aromatic heterocycles. The summed E-state index contributed by atoms with van der Waals surface area (Å²) >= 11 is 1.51. The first kappa shape index (κ1) is 18.2. The third-order valence-corrected chi connectivity index (χ3v) is 5.35. The number of rotatable bonds is 6. The van der Waals surface area contributed by atoms with Crippen LogP contribution in [0.1, 0.15) is 12.6 Å². The summed E-state index contributed by atoms with van der Waals surface area (Å²) in [7, 11) is 1.64. The quantitative estimate of drug-likeness (QED) is 0.468. The fraction of sp³-hybridized carbons (Fsp3) is 0.200. The topological polar surface area (TPSA) is 74.3 Å². The summed E-state index contributed by atoms with van der Waals surface area (Å²) in [6.07, 6.45) is 1.72. The van der Waals surface area contributed by atoms with Crippen LogP contribution in [-0.2, 0) is 12.3 Å². The van der Waals surface area contributed by atoms with Crippen molar-refractivity contribution < 1.29 is 4.74 Å². The third kappa shape index (κ3) is 3.38. The number of hydrogen-bond acceptors (Lipinski definition) is 6. The lowest BCUT2D eigenvalue weighted by atomic mass is 10.2. The van der Waals surface area contributed by atoms with Crippen LogP contribution < -0.4 is 10.3 Å². The van der Waals surface area contributed by atoms with Gasteiger partial charge in [0.2, 0.25) is 0 Å². The van der Waals surface area contributed by atoms with E-state index in [4.69, 9.17) is 4.74 Å². The molecule has 0 N–H and O–H groups in total. The average molecular weight is 393 g/mol. The number of pyridine rings is 1. The molecule has 142 valence electrons. The molecule has 1 aromatic carbocycles. The zero-order valence-corrected chi connectivity index (χ0v) is 16.4. The predicted octanol–water partition coefficient (Wildman–Crippen LogP) is 3.27. The Labute approximate surface area is 166 Å². The van der Waals surface area contributed by atoms with E-state index in [-0.39, 0.29) is 5.56 Å². The molecule has 7 nitrogen and oxygen atoms in total. The summed E-state index contributed by atoms with van der Waals surface area (Å²) in [4.78, 5) is 16.8. The van der Waals surface area contributed by atoms with Crippen LogP contribution in [0.5, 0.6) is 5.75 Å². The van der Waals surface area contributed by atoms with E-state index in [9.17, 15) is 4.79 Å². The monoisotopic (exact) mass is 393 g/mol. The predicted molar refractivity (Wildman–Crippen MR) is 109 cm³/mol. The number of benzene rings is 1. The Bertz CT molecular complexity index is 1180. The fourth-order valence-electron chi connectivity index (χ4n) is 3.02. The van der Waals surface area contributed by atoms with Gasteiger partial charge in [0, 0.05) is 24.6 Å². The van der Waals surface area contributed by atoms with E-state index >= 15 is 0 Å². The first-order valence-corrected chi connectivity index (χ1v) is 9.86. The van der Waals surface area contributed by atoms with E-state index in [0.717, 1.165) is 28.8 Å². The van der Waals surface area contributed by atoms with Crippen molar-refractivity contribution in [2.45, 2.75) is 24.4 Å². The molecule has 8 heteroatoms. The molecule has 0 fully saturated rings. The maximum atomic E-state index is 12.3. The van der Waals surface area contributed by atoms with E-state index in [2.05, 4.69) is 15.2 Å². The van der Waals surface area contributed by atoms with Gasteiger partial charge < -0.3 is 9.30 Å². The first-order chi connectivity index (χ1) is 13.7. The second-order valence-electron chi connectivity index (χ2n) is 6.05. The Morgan fingerprint density at radius 2 is 1.93 bits per heavy atom. The van der Waals surface area contributed by atoms with Gasteiger partial charge in [-0.1, -0.05) is 30.0 Å². The lowest BCUT2D eigenvalue weighted by molar-refractivity contribution is 0.416. The second kappa shape index (κ2) is 7.85. The summed E-state index contributed by atoms with van der Waals surface area (Å²) in [5.74, 6) is 2.05. The van der Waals surface area contributed by atoms with Gasteiger partial charge in [-0.2, -0.15) is 0 Å². The number of aromatic nitrogens is 5. The Morgan fingerprint density at radius 1 is 1.11 bits per heavy atom. The minimum absolute atomic E-state index is 0.0899. The highest BCUT2D eigenvalue weighted by molar-refractivity contribution is 7.98. The Kier molecular flexibility index (Phi) is 5.12. The third-order valence-electron chi connectivity index (χ3n) is 4.35. The lowest BCUT2D eigenvalue weighted by Gasteiger charge is -2.10. The molecular formula is C20H19N5O2S. The van der Waals surface area contributed by atoms with Crippen LogP contribution >= 0.6 is 11.8 Å². The number of nitrogens with zero attached hydrogens (tertiary/aromatic N) is 5. The number of hydrogen-bond donors (Lipinski definition) is 0. The van der Waals surface area contributed by atoms with E-state index in [1.165, 1.54) is 16.2 Å². The Hall–Kier alpha value is -3.13. The highest BCUT2D eigenvalue weighted by atomic mass is 32.2. The maximum absolute atomic E-state index is 12.3. The van der Waals surface area contributed by atoms with Gasteiger partial charge in [0.1, 0.15) is 11.4 Å². The highest BCUT2D eigenvalue weighted by Gasteiger charge is 2.16. The molecule has 0 aliphatic carbocycles. The average Bonchev–Trinajstić information content (AvgIpc) is 3.15. The van der Waals surface area contributed by atoms with Gasteiger partial charge >= 0.3 is 0 Å². The number of ether oxygens (including phenoxy) is 1. The van der Waals surface area contributed by atoms with Crippen LogP contribution in [0.3, 0.4) is 0 Å². The molecule has 0 saturated carbocycles. The number of thioether (sulfide) groups is 1. The molecule has 0 aliphatic rings. The summed E-state index contributed by atoms with van der Waals surface area (Å²) in [6, 6.07) is 14.8. The van der Waals surface area contributed by atoms with Crippen LogP contribution in [0.4, 0.5) is 0 Å². The molecule has 0 bridgehead atoms. The van der Waals surface area contributed by atoms with E-state index in [0.29, 0.717) is 17.1 Å². The summed E-state index contributed by atoms with van der Waals surface area (Å²) in [6.45, 7) is 2.77. The lowest BCUT2D eigenvalue weighted by Crippen LogP contribution is -2.14. The van der Waals surface area contributed by atoms with Crippen LogP contribution in [0.2, 0.25) is 0 Å². The second-order valence-corrected chi connectivity index (χ2v) is 7.00. The van der Waals surface area contributed by atoms with Crippen LogP contribution in [-0.4, -0.2) is 31.3 Å². The highest BCUT2D eigenvalue weighted by Crippen LogP contribution is 2.31. The van der Waals surface area contributed by atoms with Crippen LogP contribution in [0.25, 0.3) is 17.0 Å². The largest absolute Gasteiger partial charge is 0.496 e. The molecule has 28 heavy (non-hydrogen) atoms. The Morgan fingerprint density at radius 3 is 2.75 bits per heavy atom. The zero-order valence-electron chi connectivity index (χ0n) is 15.6. The van der Waals surface area contributed by atoms with E-state index in [1.807, 2.05) is 54.0 Å². The summed E-state index contributed by atoms with van der Waals surface area (Å²) in [5.41, 5.74) is 2.16. The number of fused-ring (bicyclic) bond motifs is 1. The molecule has 0 radical (unpaired) electrons. The molecule has 4 rings (SSSR count). The summed E-state index contributed by atoms with van der Waals surface area (Å²) in [5, 5.41) is 9.50. The van der Waals surface area contributed by atoms with Crippen molar-refractivity contribution in [1.82, 2.24) is 24.1 Å². The SMILES string of the molecule is CCn1c(SCc2cc(=O)n3ccccc3n2)nnc1-c1ccccc1OC. The number of methoxy groups -OCH3 is 1. The molecule has 0 saturated heterocycles. The first-order valence-electron chi connectivity index (χ1n) is 8.88. The van der Waals surface area contributed by atoms with Gasteiger partial charge in [-0.05, 0) is 31.2 Å². The minimum Gasteiger partial charge on any atom is -0.496 e. The minimum atomic E-state index is -0.0899. The van der Waals surface area contributed by atoms with Crippen LogP contribution in [0.15, 0.2) is 64.7 Å². The van der Waals surface area contributed by atoms with Crippen molar-refractivity contribution in [2.75, 3.05) is 7.11 Å². The van der Waals surface area contributed by atoms with Crippen molar-refractivity contribution in [3.8, 4) is 17.1 Å². The standard InChI is InChI=1S/C20H19N5O2S/c1-3-24-19(15-8-4-5-9-16(15)27-2)22-23-20(24)28-13-14-12-18(26)25-11-7-6-10-17(25)21-14/h4-12H,3,13H2,1-2H3. The zero-order chi connectivity index (χ0) is 19.5. The van der Waals surface area contributed by atoms with Gasteiger partial charge in [-0.25, -0.2) is 4.98 Å². The van der Waals surface area contributed by atoms with Crippen molar-refractivity contribution in [2.24, 2.45) is 0 Å². The smallest absolute Gasteiger partial charge is 0.258 e. The van der Waals surface area contributed by atoms with Gasteiger partial charge in [-0.3, -0.25) is 9.20 Å². The van der Waals surface area contributed by atoms with Gasteiger partial charge in [-0.15, -0.1) is 10.2 Å². The van der Waals surface area contributed by atoms with E-state index < -0.39 is 0 Å². The summed E-state index contributed by atoms with van der Waals surface area (Å²) < 4.78 is 9.03. The van der Waals surface area contributed by atoms with Gasteiger partial charge in [0.05, 0.1) is 18.4 Å². The molecule has 3 heterocycles. The van der Waals surface area contributed by atoms with Crippen molar-refractivity contribution in [3.63, 3.8) is 0 Å². The van der Waals surface area contributed by atoms with Crippen molar-refractivity contribution >= 4 is 17.4 Å². The van der Waals surface area contributed by atoms with Crippen molar-refractivity contribution in [1.29, 1.82) is 0 Å². The molecule has 0 spiro atoms. The van der Waals surface area contributed by atoms with Crippen LogP contribution in [0, 0.1) is 0 Å². The molecular weight excluding hydrogens is 374 g/mol. The molecule has 0 aliphatic heterocycles.